The highest BCUT2D eigenvalue weighted by molar-refractivity contribution is 5.99. The molecule has 0 unspecified atom stereocenters. The average molecular weight is 373 g/mol. The number of nitro groups is 1. The third kappa shape index (κ3) is 4.12. The van der Waals surface area contributed by atoms with Gasteiger partial charge in [-0.05, 0) is 12.1 Å². The number of rotatable bonds is 6. The lowest BCUT2D eigenvalue weighted by atomic mass is 9.96. The Kier molecular flexibility index (Phi) is 6.55. The molecule has 0 fully saturated rings. The lowest BCUT2D eigenvalue weighted by molar-refractivity contribution is -0.384. The standard InChI is InChI=1S/C19H17N2O4.ClH/c1-24-11-16-6-14-9-19(13-4-3-5-18(8-13)21(22)23)20-10-15(14)7-17(16)12-25-2;/h3-9H,11-12H2,1-2H3;1H/q+1;/p-1. The Bertz CT molecular complexity index is 878. The lowest BCUT2D eigenvalue weighted by Crippen LogP contribution is -3.00. The van der Waals surface area contributed by atoms with Crippen LogP contribution in [-0.4, -0.2) is 25.4 Å². The number of nitrogens with zero attached hydrogens (tertiary/aromatic N) is 2. The van der Waals surface area contributed by atoms with E-state index >= 15 is 0 Å². The van der Waals surface area contributed by atoms with Crippen molar-refractivity contribution >= 4 is 23.7 Å². The molecule has 0 aromatic heterocycles. The van der Waals surface area contributed by atoms with Gasteiger partial charge in [-0.1, -0.05) is 11.1 Å². The van der Waals surface area contributed by atoms with E-state index in [0.29, 0.717) is 24.5 Å². The number of hydrogen-bond acceptors (Lipinski definition) is 5. The summed E-state index contributed by atoms with van der Waals surface area (Å²) in [6, 6.07) is 10.4. The molecule has 0 saturated carbocycles. The monoisotopic (exact) mass is 372 g/mol. The quantitative estimate of drug-likeness (QED) is 0.425. The molecule has 6 nitrogen and oxygen atoms in total. The normalized spacial score (nSPS) is 11.8. The second-order valence-electron chi connectivity index (χ2n) is 5.63. The number of benzene rings is 2. The molecule has 1 aliphatic rings. The van der Waals surface area contributed by atoms with Gasteiger partial charge in [0.15, 0.2) is 11.3 Å². The highest BCUT2D eigenvalue weighted by Gasteiger charge is 2.21. The third-order valence-electron chi connectivity index (χ3n) is 3.91. The first-order valence-corrected chi connectivity index (χ1v) is 7.69. The molecule has 3 rings (SSSR count). The first-order valence-electron chi connectivity index (χ1n) is 7.69. The Morgan fingerprint density at radius 2 is 1.81 bits per heavy atom. The van der Waals surface area contributed by atoms with Crippen molar-refractivity contribution < 1.29 is 26.8 Å². The fourth-order valence-electron chi connectivity index (χ4n) is 2.73. The molecule has 2 aromatic carbocycles. The van der Waals surface area contributed by atoms with Crippen LogP contribution in [0.2, 0.25) is 0 Å². The summed E-state index contributed by atoms with van der Waals surface area (Å²) in [5.41, 5.74) is 5.22. The van der Waals surface area contributed by atoms with E-state index in [1.807, 2.05) is 18.2 Å². The Hall–Kier alpha value is -2.63. The van der Waals surface area contributed by atoms with Crippen molar-refractivity contribution in [3.63, 3.8) is 0 Å². The van der Waals surface area contributed by atoms with E-state index in [1.165, 1.54) is 12.1 Å². The van der Waals surface area contributed by atoms with Crippen LogP contribution < -0.4 is 12.4 Å². The maximum absolute atomic E-state index is 11.0. The van der Waals surface area contributed by atoms with E-state index < -0.39 is 4.92 Å². The molecule has 0 radical (unpaired) electrons. The molecule has 0 aliphatic carbocycles. The van der Waals surface area contributed by atoms with Crippen molar-refractivity contribution in [3.05, 3.63) is 74.3 Å². The van der Waals surface area contributed by atoms with Crippen LogP contribution in [0.4, 0.5) is 5.69 Å². The summed E-state index contributed by atoms with van der Waals surface area (Å²) < 4.78 is 10.5. The number of aliphatic imine (C=N–C) groups is 1. The molecule has 7 heteroatoms. The van der Waals surface area contributed by atoms with Crippen LogP contribution in [0.15, 0.2) is 41.4 Å². The van der Waals surface area contributed by atoms with Crippen LogP contribution in [0.3, 0.4) is 0 Å². The van der Waals surface area contributed by atoms with Gasteiger partial charge in [-0.3, -0.25) is 10.1 Å². The third-order valence-corrected chi connectivity index (χ3v) is 3.91. The van der Waals surface area contributed by atoms with Crippen LogP contribution in [0, 0.1) is 10.1 Å². The van der Waals surface area contributed by atoms with E-state index in [1.54, 1.807) is 26.4 Å². The van der Waals surface area contributed by atoms with Crippen molar-refractivity contribution in [1.82, 2.24) is 0 Å². The smallest absolute Gasteiger partial charge is 0.270 e. The summed E-state index contributed by atoms with van der Waals surface area (Å²) in [4.78, 5) is 14.9. The number of methoxy groups -OCH3 is 2. The van der Waals surface area contributed by atoms with Gasteiger partial charge in [-0.25, -0.2) is 0 Å². The van der Waals surface area contributed by atoms with E-state index in [2.05, 4.69) is 11.2 Å². The lowest BCUT2D eigenvalue weighted by Gasteiger charge is -2.09. The Labute approximate surface area is 157 Å². The Balaban J connectivity index is 0.00000243. The molecule has 0 saturated heterocycles. The topological polar surface area (TPSA) is 74.0 Å². The number of fused-ring (bicyclic) bond motifs is 1. The summed E-state index contributed by atoms with van der Waals surface area (Å²) in [5, 5.41) is 11.0. The zero-order chi connectivity index (χ0) is 17.8. The van der Waals surface area contributed by atoms with E-state index in [4.69, 9.17) is 9.47 Å². The van der Waals surface area contributed by atoms with E-state index in [9.17, 15) is 10.1 Å². The van der Waals surface area contributed by atoms with Gasteiger partial charge in [0, 0.05) is 43.5 Å². The summed E-state index contributed by atoms with van der Waals surface area (Å²) in [6.45, 7) is 0.957. The van der Waals surface area contributed by atoms with Gasteiger partial charge in [0.25, 0.3) is 5.69 Å². The molecule has 1 aliphatic heterocycles. The SMILES string of the molecule is COCc1cc2c(cc1COC)C=C(c1cccc([N+](=O)[O-])c1)N=[C+]2.[Cl-]. The van der Waals surface area contributed by atoms with Crippen molar-refractivity contribution in [2.24, 2.45) is 4.99 Å². The number of ether oxygens (including phenoxy) is 2. The minimum atomic E-state index is -0.415. The van der Waals surface area contributed by atoms with Gasteiger partial charge in [-0.15, -0.1) is 0 Å². The number of non-ortho nitro benzene ring substituents is 1. The van der Waals surface area contributed by atoms with Gasteiger partial charge in [0.2, 0.25) is 0 Å². The zero-order valence-corrected chi connectivity index (χ0v) is 15.1. The fourth-order valence-corrected chi connectivity index (χ4v) is 2.73. The molecule has 0 bridgehead atoms. The predicted octanol–water partition coefficient (Wildman–Crippen LogP) is 0.699. The fraction of sp³-hybridized carbons (Fsp3) is 0.211. The summed E-state index contributed by atoms with van der Waals surface area (Å²) in [6.07, 6.45) is 4.92. The van der Waals surface area contributed by atoms with Crippen molar-refractivity contribution in [2.45, 2.75) is 13.2 Å². The average Bonchev–Trinajstić information content (AvgIpc) is 2.62. The second kappa shape index (κ2) is 8.65. The van der Waals surface area contributed by atoms with Crippen molar-refractivity contribution in [2.75, 3.05) is 14.2 Å². The predicted molar refractivity (Wildman–Crippen MR) is 95.4 cm³/mol. The van der Waals surface area contributed by atoms with Crippen LogP contribution in [-0.2, 0) is 22.7 Å². The van der Waals surface area contributed by atoms with Gasteiger partial charge in [0.05, 0.1) is 35.3 Å². The molecule has 134 valence electrons. The molecule has 0 spiro atoms. The molecule has 26 heavy (non-hydrogen) atoms. The van der Waals surface area contributed by atoms with Gasteiger partial charge < -0.3 is 21.9 Å². The molecule has 2 aromatic rings. The van der Waals surface area contributed by atoms with Crippen LogP contribution >= 0.6 is 0 Å². The number of nitro benzene ring substituents is 1. The first kappa shape index (κ1) is 19.7. The van der Waals surface area contributed by atoms with Crippen LogP contribution in [0.25, 0.3) is 11.8 Å². The van der Waals surface area contributed by atoms with Gasteiger partial charge in [0.1, 0.15) is 6.21 Å². The highest BCUT2D eigenvalue weighted by atomic mass is 35.5. The molecular formula is C19H17ClN2O4. The minimum absolute atomic E-state index is 0. The highest BCUT2D eigenvalue weighted by Crippen LogP contribution is 2.29. The maximum atomic E-state index is 11.0. The van der Waals surface area contributed by atoms with E-state index in [-0.39, 0.29) is 18.1 Å². The van der Waals surface area contributed by atoms with Crippen molar-refractivity contribution in [3.8, 4) is 0 Å². The molecule has 0 atom stereocenters. The zero-order valence-electron chi connectivity index (χ0n) is 14.4. The van der Waals surface area contributed by atoms with Crippen LogP contribution in [0.5, 0.6) is 0 Å². The second-order valence-corrected chi connectivity index (χ2v) is 5.63. The molecule has 0 N–H and O–H groups in total. The molecular weight excluding hydrogens is 356 g/mol. The van der Waals surface area contributed by atoms with Gasteiger partial charge >= 0.3 is 0 Å². The summed E-state index contributed by atoms with van der Waals surface area (Å²) in [7, 11) is 3.29. The first-order chi connectivity index (χ1) is 12.1. The summed E-state index contributed by atoms with van der Waals surface area (Å²) in [5.74, 6) is 0. The largest absolute Gasteiger partial charge is 1.00 e. The molecule has 1 heterocycles. The summed E-state index contributed by atoms with van der Waals surface area (Å²) >= 11 is 0. The number of halogens is 1. The van der Waals surface area contributed by atoms with E-state index in [0.717, 1.165) is 22.3 Å². The van der Waals surface area contributed by atoms with Gasteiger partial charge in [-0.2, -0.15) is 0 Å². The van der Waals surface area contributed by atoms with Crippen molar-refractivity contribution in [1.29, 1.82) is 0 Å². The number of hydrogen-bond donors (Lipinski definition) is 0. The maximum Gasteiger partial charge on any atom is 0.270 e. The Morgan fingerprint density at radius 3 is 2.46 bits per heavy atom. The minimum Gasteiger partial charge on any atom is -1.00 e. The van der Waals surface area contributed by atoms with Crippen LogP contribution in [0.1, 0.15) is 27.8 Å². The Morgan fingerprint density at radius 1 is 1.12 bits per heavy atom. The molecule has 0 amide bonds.